The Bertz CT molecular complexity index is 1220. The number of carboxylic acid groups (broad SMARTS) is 1. The molecule has 0 radical (unpaired) electrons. The van der Waals surface area contributed by atoms with E-state index in [1.807, 2.05) is 47.4 Å². The SMILES string of the molecule is NCCCCC1(C(=O)O)CN(Cc2ccccc2-c2ccccc2-c2ccccc2)CCP1(=O)O. The van der Waals surface area contributed by atoms with Crippen molar-refractivity contribution in [3.63, 3.8) is 0 Å². The van der Waals surface area contributed by atoms with Gasteiger partial charge in [0.25, 0.3) is 0 Å². The predicted octanol–water partition coefficient (Wildman–Crippen LogP) is 5.06. The molecule has 3 aromatic carbocycles. The van der Waals surface area contributed by atoms with Gasteiger partial charge in [0.2, 0.25) is 7.37 Å². The molecule has 2 unspecified atom stereocenters. The molecular weight excluding hydrogens is 459 g/mol. The van der Waals surface area contributed by atoms with Crippen LogP contribution in [-0.4, -0.2) is 51.8 Å². The number of aliphatic carboxylic acids is 1. The summed E-state index contributed by atoms with van der Waals surface area (Å²) in [5.41, 5.74) is 11.1. The second kappa shape index (κ2) is 10.9. The fourth-order valence-electron chi connectivity index (χ4n) is 5.07. The maximum atomic E-state index is 13.1. The lowest BCUT2D eigenvalue weighted by atomic mass is 9.91. The van der Waals surface area contributed by atoms with Crippen LogP contribution in [0.25, 0.3) is 22.3 Å². The maximum Gasteiger partial charge on any atom is 0.320 e. The van der Waals surface area contributed by atoms with E-state index in [0.717, 1.165) is 27.8 Å². The summed E-state index contributed by atoms with van der Waals surface area (Å²) >= 11 is 0. The van der Waals surface area contributed by atoms with Crippen LogP contribution in [-0.2, 0) is 15.9 Å². The lowest BCUT2D eigenvalue weighted by molar-refractivity contribution is -0.141. The van der Waals surface area contributed by atoms with E-state index in [4.69, 9.17) is 5.73 Å². The Morgan fingerprint density at radius 1 is 0.914 bits per heavy atom. The standard InChI is InChI=1S/C28H33N2O4P/c29-17-9-8-16-28(27(31)32)21-30(18-19-35(28,33)34)20-23-12-4-5-14-25(23)26-15-7-6-13-24(26)22-10-2-1-3-11-22/h1-7,10-15H,8-9,16-21,29H2,(H,31,32)(H,33,34). The highest BCUT2D eigenvalue weighted by atomic mass is 31.2. The van der Waals surface area contributed by atoms with E-state index in [9.17, 15) is 19.4 Å². The van der Waals surface area contributed by atoms with Gasteiger partial charge in [0, 0.05) is 25.8 Å². The molecule has 0 bridgehead atoms. The van der Waals surface area contributed by atoms with Crippen molar-refractivity contribution in [3.8, 4) is 22.3 Å². The molecule has 184 valence electrons. The van der Waals surface area contributed by atoms with E-state index < -0.39 is 18.5 Å². The molecule has 0 amide bonds. The number of nitrogens with zero attached hydrogens (tertiary/aromatic N) is 1. The van der Waals surface area contributed by atoms with Gasteiger partial charge in [-0.1, -0.05) is 85.3 Å². The summed E-state index contributed by atoms with van der Waals surface area (Å²) in [5.74, 6) is -1.19. The summed E-state index contributed by atoms with van der Waals surface area (Å²) < 4.78 is 13.1. The summed E-state index contributed by atoms with van der Waals surface area (Å²) in [4.78, 5) is 25.2. The molecule has 35 heavy (non-hydrogen) atoms. The molecule has 2 atom stereocenters. The fourth-order valence-corrected chi connectivity index (χ4v) is 7.28. The summed E-state index contributed by atoms with van der Waals surface area (Å²) in [6.45, 7) is 1.37. The quantitative estimate of drug-likeness (QED) is 0.285. The Morgan fingerprint density at radius 2 is 1.54 bits per heavy atom. The van der Waals surface area contributed by atoms with Crippen molar-refractivity contribution in [2.75, 3.05) is 25.8 Å². The molecule has 1 aliphatic rings. The normalized spacial score (nSPS) is 22.7. The van der Waals surface area contributed by atoms with Gasteiger partial charge in [0.05, 0.1) is 0 Å². The van der Waals surface area contributed by atoms with Gasteiger partial charge in [0.15, 0.2) is 5.16 Å². The molecule has 4 rings (SSSR count). The fraction of sp³-hybridized carbons (Fsp3) is 0.321. The van der Waals surface area contributed by atoms with Crippen molar-refractivity contribution in [2.45, 2.75) is 31.0 Å². The molecule has 0 saturated carbocycles. The van der Waals surface area contributed by atoms with E-state index in [2.05, 4.69) is 36.4 Å². The van der Waals surface area contributed by atoms with E-state index in [1.54, 1.807) is 0 Å². The van der Waals surface area contributed by atoms with Crippen LogP contribution in [0.3, 0.4) is 0 Å². The first-order valence-corrected chi connectivity index (χ1v) is 13.9. The summed E-state index contributed by atoms with van der Waals surface area (Å²) in [6, 6.07) is 26.6. The number of hydrogen-bond acceptors (Lipinski definition) is 4. The van der Waals surface area contributed by atoms with Crippen LogP contribution in [0, 0.1) is 0 Å². The third kappa shape index (κ3) is 5.26. The van der Waals surface area contributed by atoms with E-state index in [0.29, 0.717) is 32.5 Å². The van der Waals surface area contributed by atoms with E-state index >= 15 is 0 Å². The lowest BCUT2D eigenvalue weighted by Crippen LogP contribution is -2.53. The third-order valence-corrected chi connectivity index (χ3v) is 9.73. The zero-order valence-electron chi connectivity index (χ0n) is 19.8. The monoisotopic (exact) mass is 492 g/mol. The van der Waals surface area contributed by atoms with Crippen LogP contribution in [0.2, 0.25) is 0 Å². The number of rotatable bonds is 9. The predicted molar refractivity (Wildman–Crippen MR) is 141 cm³/mol. The van der Waals surface area contributed by atoms with Crippen molar-refractivity contribution >= 4 is 13.3 Å². The molecule has 0 aromatic heterocycles. The highest BCUT2D eigenvalue weighted by Gasteiger charge is 2.56. The number of carboxylic acids is 1. The minimum absolute atomic E-state index is 0.0231. The van der Waals surface area contributed by atoms with Crippen molar-refractivity contribution in [3.05, 3.63) is 84.4 Å². The van der Waals surface area contributed by atoms with Crippen molar-refractivity contribution in [2.24, 2.45) is 5.73 Å². The Hall–Kier alpha value is -2.76. The highest BCUT2D eigenvalue weighted by molar-refractivity contribution is 7.61. The van der Waals surface area contributed by atoms with Gasteiger partial charge in [-0.05, 0) is 47.2 Å². The first kappa shape index (κ1) is 25.3. The summed E-state index contributed by atoms with van der Waals surface area (Å²) in [5, 5.41) is 8.46. The second-order valence-electron chi connectivity index (χ2n) is 9.29. The van der Waals surface area contributed by atoms with Crippen LogP contribution in [0.1, 0.15) is 24.8 Å². The van der Waals surface area contributed by atoms with Gasteiger partial charge < -0.3 is 15.7 Å². The molecule has 1 saturated heterocycles. The minimum Gasteiger partial charge on any atom is -0.480 e. The van der Waals surface area contributed by atoms with Crippen LogP contribution in [0.4, 0.5) is 0 Å². The lowest BCUT2D eigenvalue weighted by Gasteiger charge is -2.43. The highest BCUT2D eigenvalue weighted by Crippen LogP contribution is 2.59. The third-order valence-electron chi connectivity index (χ3n) is 7.03. The smallest absolute Gasteiger partial charge is 0.320 e. The first-order valence-electron chi connectivity index (χ1n) is 12.1. The van der Waals surface area contributed by atoms with Crippen LogP contribution < -0.4 is 5.73 Å². The topological polar surface area (TPSA) is 104 Å². The van der Waals surface area contributed by atoms with Crippen molar-refractivity contribution in [1.82, 2.24) is 4.90 Å². The average Bonchev–Trinajstić information content (AvgIpc) is 2.87. The molecule has 0 aliphatic carbocycles. The average molecular weight is 493 g/mol. The van der Waals surface area contributed by atoms with Crippen molar-refractivity contribution in [1.29, 1.82) is 0 Å². The van der Waals surface area contributed by atoms with Gasteiger partial charge >= 0.3 is 5.97 Å². The van der Waals surface area contributed by atoms with E-state index in [1.165, 1.54) is 0 Å². The molecule has 0 spiro atoms. The number of unbranched alkanes of at least 4 members (excludes halogenated alkanes) is 1. The number of carbonyl (C=O) groups is 1. The molecule has 1 fully saturated rings. The van der Waals surface area contributed by atoms with Gasteiger partial charge in [-0.15, -0.1) is 0 Å². The molecule has 4 N–H and O–H groups in total. The molecule has 3 aromatic rings. The summed E-state index contributed by atoms with van der Waals surface area (Å²) in [7, 11) is -3.87. The number of benzene rings is 3. The summed E-state index contributed by atoms with van der Waals surface area (Å²) in [6.07, 6.45) is 1.28. The van der Waals surface area contributed by atoms with Gasteiger partial charge in [-0.2, -0.15) is 0 Å². The molecule has 1 heterocycles. The van der Waals surface area contributed by atoms with Crippen LogP contribution in [0.15, 0.2) is 78.9 Å². The zero-order chi connectivity index (χ0) is 24.9. The Labute approximate surface area is 206 Å². The first-order chi connectivity index (χ1) is 16.9. The Kier molecular flexibility index (Phi) is 7.88. The molecule has 7 heteroatoms. The molecular formula is C28H33N2O4P. The van der Waals surface area contributed by atoms with Gasteiger partial charge in [0.1, 0.15) is 0 Å². The minimum atomic E-state index is -3.87. The van der Waals surface area contributed by atoms with Gasteiger partial charge in [-0.3, -0.25) is 14.3 Å². The van der Waals surface area contributed by atoms with Gasteiger partial charge in [-0.25, -0.2) is 0 Å². The number of nitrogens with two attached hydrogens (primary N) is 1. The van der Waals surface area contributed by atoms with Crippen molar-refractivity contribution < 1.29 is 19.4 Å². The molecule has 1 aliphatic heterocycles. The Morgan fingerprint density at radius 3 is 2.23 bits per heavy atom. The molecule has 6 nitrogen and oxygen atoms in total. The number of hydrogen-bond donors (Lipinski definition) is 3. The Balaban J connectivity index is 1.66. The maximum absolute atomic E-state index is 13.1. The van der Waals surface area contributed by atoms with Crippen LogP contribution in [0.5, 0.6) is 0 Å². The van der Waals surface area contributed by atoms with E-state index in [-0.39, 0.29) is 19.1 Å². The largest absolute Gasteiger partial charge is 0.480 e. The zero-order valence-corrected chi connectivity index (χ0v) is 20.7. The second-order valence-corrected chi connectivity index (χ2v) is 12.0. The van der Waals surface area contributed by atoms with Crippen LogP contribution >= 0.6 is 7.37 Å².